The number of methoxy groups -OCH3 is 1. The van der Waals surface area contributed by atoms with Crippen LogP contribution in [0, 0.1) is 0 Å². The van der Waals surface area contributed by atoms with Gasteiger partial charge in [0.25, 0.3) is 0 Å². The summed E-state index contributed by atoms with van der Waals surface area (Å²) in [6.07, 6.45) is 1.97. The highest BCUT2D eigenvalue weighted by Gasteiger charge is 2.03. The maximum atomic E-state index is 8.56. The Morgan fingerprint density at radius 1 is 1.21 bits per heavy atom. The van der Waals surface area contributed by atoms with Gasteiger partial charge in [0.05, 0.1) is 20.3 Å². The van der Waals surface area contributed by atoms with E-state index in [1.807, 2.05) is 12.1 Å². The molecule has 1 atom stereocenters. The van der Waals surface area contributed by atoms with Gasteiger partial charge in [-0.1, -0.05) is 12.1 Å². The second-order valence-electron chi connectivity index (χ2n) is 4.60. The molecular weight excluding hydrogens is 242 g/mol. The van der Waals surface area contributed by atoms with Crippen molar-refractivity contribution in [2.75, 3.05) is 33.5 Å². The molecule has 0 aliphatic carbocycles. The molecule has 1 aromatic carbocycles. The number of nitrogens with one attached hydrogen (secondary N) is 1. The lowest BCUT2D eigenvalue weighted by Gasteiger charge is -2.14. The maximum Gasteiger partial charge on any atom is 0.118 e. The van der Waals surface area contributed by atoms with Crippen LogP contribution in [0.15, 0.2) is 24.3 Å². The summed E-state index contributed by atoms with van der Waals surface area (Å²) in [4.78, 5) is 0. The lowest BCUT2D eigenvalue weighted by Crippen LogP contribution is -2.29. The molecule has 0 aromatic heterocycles. The van der Waals surface area contributed by atoms with Gasteiger partial charge in [0.2, 0.25) is 0 Å². The Morgan fingerprint density at radius 3 is 2.58 bits per heavy atom. The van der Waals surface area contributed by atoms with Gasteiger partial charge in [0.15, 0.2) is 0 Å². The molecule has 0 bridgehead atoms. The quantitative estimate of drug-likeness (QED) is 0.632. The molecule has 0 aliphatic rings. The van der Waals surface area contributed by atoms with Crippen molar-refractivity contribution in [3.8, 4) is 5.75 Å². The second kappa shape index (κ2) is 9.78. The largest absolute Gasteiger partial charge is 0.497 e. The van der Waals surface area contributed by atoms with Crippen LogP contribution in [0.1, 0.15) is 18.9 Å². The van der Waals surface area contributed by atoms with Crippen molar-refractivity contribution in [1.29, 1.82) is 0 Å². The van der Waals surface area contributed by atoms with E-state index >= 15 is 0 Å². The Kier molecular flexibility index (Phi) is 8.21. The fourth-order valence-corrected chi connectivity index (χ4v) is 1.88. The van der Waals surface area contributed by atoms with Gasteiger partial charge in [-0.2, -0.15) is 0 Å². The Labute approximate surface area is 115 Å². The van der Waals surface area contributed by atoms with Crippen LogP contribution >= 0.6 is 0 Å². The minimum Gasteiger partial charge on any atom is -0.497 e. The monoisotopic (exact) mass is 267 g/mol. The van der Waals surface area contributed by atoms with E-state index in [0.717, 1.165) is 25.1 Å². The second-order valence-corrected chi connectivity index (χ2v) is 4.60. The third kappa shape index (κ3) is 7.15. The third-order valence-corrected chi connectivity index (χ3v) is 2.89. The lowest BCUT2D eigenvalue weighted by atomic mass is 10.1. The van der Waals surface area contributed by atoms with E-state index < -0.39 is 0 Å². The maximum absolute atomic E-state index is 8.56. The van der Waals surface area contributed by atoms with Gasteiger partial charge in [-0.3, -0.25) is 0 Å². The molecule has 0 aliphatic heterocycles. The molecular formula is C15H25NO3. The first-order valence-electron chi connectivity index (χ1n) is 6.81. The summed E-state index contributed by atoms with van der Waals surface area (Å²) >= 11 is 0. The molecule has 4 heteroatoms. The van der Waals surface area contributed by atoms with Gasteiger partial charge >= 0.3 is 0 Å². The molecule has 2 N–H and O–H groups in total. The zero-order chi connectivity index (χ0) is 13.9. The van der Waals surface area contributed by atoms with Crippen LogP contribution in [-0.4, -0.2) is 44.6 Å². The number of aliphatic hydroxyl groups is 1. The van der Waals surface area contributed by atoms with Crippen LogP contribution in [0.4, 0.5) is 0 Å². The molecule has 19 heavy (non-hydrogen) atoms. The van der Waals surface area contributed by atoms with E-state index in [-0.39, 0.29) is 6.61 Å². The summed E-state index contributed by atoms with van der Waals surface area (Å²) in [5.41, 5.74) is 1.30. The number of benzene rings is 1. The van der Waals surface area contributed by atoms with E-state index in [1.54, 1.807) is 7.11 Å². The topological polar surface area (TPSA) is 50.7 Å². The Hall–Kier alpha value is -1.10. The van der Waals surface area contributed by atoms with Crippen molar-refractivity contribution >= 4 is 0 Å². The van der Waals surface area contributed by atoms with Crippen molar-refractivity contribution < 1.29 is 14.6 Å². The first-order valence-corrected chi connectivity index (χ1v) is 6.81. The minimum atomic E-state index is 0.0985. The van der Waals surface area contributed by atoms with E-state index in [9.17, 15) is 0 Å². The summed E-state index contributed by atoms with van der Waals surface area (Å²) in [6, 6.07) is 8.62. The summed E-state index contributed by atoms with van der Waals surface area (Å²) in [6.45, 7) is 4.34. The van der Waals surface area contributed by atoms with Crippen LogP contribution in [0.5, 0.6) is 5.75 Å². The standard InChI is InChI=1S/C15H25NO3/c1-13(16-8-3-10-19-11-9-17)12-14-4-6-15(18-2)7-5-14/h4-7,13,16-17H,3,8-12H2,1-2H3. The van der Waals surface area contributed by atoms with Gasteiger partial charge in [0.1, 0.15) is 5.75 Å². The fourth-order valence-electron chi connectivity index (χ4n) is 1.88. The summed E-state index contributed by atoms with van der Waals surface area (Å²) in [7, 11) is 1.68. The smallest absolute Gasteiger partial charge is 0.118 e. The fraction of sp³-hybridized carbons (Fsp3) is 0.600. The molecule has 0 amide bonds. The third-order valence-electron chi connectivity index (χ3n) is 2.89. The number of hydrogen-bond donors (Lipinski definition) is 2. The van der Waals surface area contributed by atoms with Gasteiger partial charge in [0, 0.05) is 12.6 Å². The van der Waals surface area contributed by atoms with Crippen molar-refractivity contribution in [2.45, 2.75) is 25.8 Å². The van der Waals surface area contributed by atoms with E-state index in [2.05, 4.69) is 24.4 Å². The van der Waals surface area contributed by atoms with Crippen molar-refractivity contribution in [2.24, 2.45) is 0 Å². The van der Waals surface area contributed by atoms with Gasteiger partial charge < -0.3 is 19.9 Å². The van der Waals surface area contributed by atoms with Crippen LogP contribution in [-0.2, 0) is 11.2 Å². The number of aliphatic hydroxyl groups excluding tert-OH is 1. The normalized spacial score (nSPS) is 12.4. The number of ether oxygens (including phenoxy) is 2. The molecule has 1 rings (SSSR count). The molecule has 0 saturated heterocycles. The Bertz CT molecular complexity index is 327. The first kappa shape index (κ1) is 16.0. The zero-order valence-electron chi connectivity index (χ0n) is 11.9. The molecule has 1 aromatic rings. The summed E-state index contributed by atoms with van der Waals surface area (Å²) in [5.74, 6) is 0.894. The van der Waals surface area contributed by atoms with E-state index in [1.165, 1.54) is 5.56 Å². The van der Waals surface area contributed by atoms with Gasteiger partial charge in [-0.05, 0) is 44.0 Å². The summed E-state index contributed by atoms with van der Waals surface area (Å²) in [5, 5.41) is 12.0. The van der Waals surface area contributed by atoms with Gasteiger partial charge in [-0.25, -0.2) is 0 Å². The Morgan fingerprint density at radius 2 is 1.95 bits per heavy atom. The summed E-state index contributed by atoms with van der Waals surface area (Å²) < 4.78 is 10.3. The Balaban J connectivity index is 2.14. The number of hydrogen-bond acceptors (Lipinski definition) is 4. The molecule has 0 fully saturated rings. The molecule has 4 nitrogen and oxygen atoms in total. The predicted molar refractivity (Wildman–Crippen MR) is 76.7 cm³/mol. The zero-order valence-corrected chi connectivity index (χ0v) is 11.9. The highest BCUT2D eigenvalue weighted by Crippen LogP contribution is 2.12. The molecule has 0 saturated carbocycles. The van der Waals surface area contributed by atoms with Crippen molar-refractivity contribution in [3.05, 3.63) is 29.8 Å². The molecule has 0 spiro atoms. The van der Waals surface area contributed by atoms with Crippen LogP contribution in [0.25, 0.3) is 0 Å². The average molecular weight is 267 g/mol. The average Bonchev–Trinajstić information content (AvgIpc) is 2.43. The van der Waals surface area contributed by atoms with Crippen molar-refractivity contribution in [3.63, 3.8) is 0 Å². The number of rotatable bonds is 10. The van der Waals surface area contributed by atoms with Crippen LogP contribution in [0.2, 0.25) is 0 Å². The van der Waals surface area contributed by atoms with E-state index in [4.69, 9.17) is 14.6 Å². The van der Waals surface area contributed by atoms with Gasteiger partial charge in [-0.15, -0.1) is 0 Å². The molecule has 108 valence electrons. The van der Waals surface area contributed by atoms with Crippen LogP contribution < -0.4 is 10.1 Å². The molecule has 1 unspecified atom stereocenters. The lowest BCUT2D eigenvalue weighted by molar-refractivity contribution is 0.0904. The predicted octanol–water partition coefficient (Wildman–Crippen LogP) is 1.61. The van der Waals surface area contributed by atoms with E-state index in [0.29, 0.717) is 19.3 Å². The van der Waals surface area contributed by atoms with Crippen molar-refractivity contribution in [1.82, 2.24) is 5.32 Å². The minimum absolute atomic E-state index is 0.0985. The highest BCUT2D eigenvalue weighted by molar-refractivity contribution is 5.27. The molecule has 0 radical (unpaired) electrons. The molecule has 0 heterocycles. The first-order chi connectivity index (χ1) is 9.26. The highest BCUT2D eigenvalue weighted by atomic mass is 16.5. The SMILES string of the molecule is COc1ccc(CC(C)NCCCOCCO)cc1. The van der Waals surface area contributed by atoms with Crippen LogP contribution in [0.3, 0.4) is 0 Å².